The molecule has 1 aromatic carbocycles. The van der Waals surface area contributed by atoms with Crippen LogP contribution in [0.2, 0.25) is 0 Å². The predicted octanol–water partition coefficient (Wildman–Crippen LogP) is 1.69. The standard InChI is InChI=1S/C6H3BI2/c7-4-1-2-5(8)6(9)3-4/h1-3H. The summed E-state index contributed by atoms with van der Waals surface area (Å²) in [6, 6.07) is 5.88. The second-order valence-electron chi connectivity index (χ2n) is 1.67. The van der Waals surface area contributed by atoms with Crippen molar-refractivity contribution in [1.29, 1.82) is 0 Å². The normalized spacial score (nSPS) is 9.56. The highest BCUT2D eigenvalue weighted by Gasteiger charge is 1.92. The van der Waals surface area contributed by atoms with Crippen LogP contribution < -0.4 is 5.46 Å². The molecule has 44 valence electrons. The zero-order valence-electron chi connectivity index (χ0n) is 4.57. The summed E-state index contributed by atoms with van der Waals surface area (Å²) in [5, 5.41) is 0. The molecule has 0 atom stereocenters. The smallest absolute Gasteiger partial charge is 0.0956 e. The summed E-state index contributed by atoms with van der Waals surface area (Å²) in [5.74, 6) is 0. The Hall–Kier alpha value is 0.745. The number of benzene rings is 1. The van der Waals surface area contributed by atoms with E-state index in [9.17, 15) is 0 Å². The van der Waals surface area contributed by atoms with Crippen molar-refractivity contribution in [2.24, 2.45) is 0 Å². The maximum Gasteiger partial charge on any atom is 0.113 e. The molecule has 3 heteroatoms. The Labute approximate surface area is 83.1 Å². The molecule has 0 unspecified atom stereocenters. The fourth-order valence-corrected chi connectivity index (χ4v) is 1.39. The molecule has 1 aromatic rings. The molecule has 0 aromatic heterocycles. The third-order valence-corrected chi connectivity index (χ3v) is 3.81. The molecule has 0 aliphatic rings. The molecule has 0 saturated carbocycles. The molecule has 0 amide bonds. The molecular weight excluding hydrogens is 337 g/mol. The van der Waals surface area contributed by atoms with Crippen LogP contribution in [0.4, 0.5) is 0 Å². The molecule has 0 aliphatic carbocycles. The van der Waals surface area contributed by atoms with Crippen LogP contribution >= 0.6 is 45.2 Å². The summed E-state index contributed by atoms with van der Waals surface area (Å²) in [6.07, 6.45) is 0. The zero-order chi connectivity index (χ0) is 6.85. The van der Waals surface area contributed by atoms with E-state index in [-0.39, 0.29) is 0 Å². The van der Waals surface area contributed by atoms with Gasteiger partial charge in [-0.3, -0.25) is 0 Å². The van der Waals surface area contributed by atoms with E-state index < -0.39 is 0 Å². The van der Waals surface area contributed by atoms with Crippen molar-refractivity contribution in [2.75, 3.05) is 0 Å². The average molecular weight is 340 g/mol. The Morgan fingerprint density at radius 2 is 1.78 bits per heavy atom. The lowest BCUT2D eigenvalue weighted by molar-refractivity contribution is 1.62. The lowest BCUT2D eigenvalue weighted by Crippen LogP contribution is -2.01. The van der Waals surface area contributed by atoms with Gasteiger partial charge >= 0.3 is 0 Å². The van der Waals surface area contributed by atoms with E-state index in [1.54, 1.807) is 0 Å². The van der Waals surface area contributed by atoms with Crippen LogP contribution in [-0.4, -0.2) is 7.85 Å². The molecule has 1 rings (SSSR count). The van der Waals surface area contributed by atoms with E-state index in [2.05, 4.69) is 45.2 Å². The van der Waals surface area contributed by atoms with Crippen molar-refractivity contribution in [1.82, 2.24) is 0 Å². The fourth-order valence-electron chi connectivity index (χ4n) is 0.512. The van der Waals surface area contributed by atoms with Gasteiger partial charge in [0.2, 0.25) is 0 Å². The van der Waals surface area contributed by atoms with Crippen molar-refractivity contribution in [2.45, 2.75) is 0 Å². The van der Waals surface area contributed by atoms with E-state index in [0.29, 0.717) is 0 Å². The Morgan fingerprint density at radius 3 is 2.22 bits per heavy atom. The molecule has 0 nitrogen and oxygen atoms in total. The van der Waals surface area contributed by atoms with Crippen molar-refractivity contribution < 1.29 is 0 Å². The van der Waals surface area contributed by atoms with Gasteiger partial charge in [-0.05, 0) is 51.2 Å². The first kappa shape index (κ1) is 7.85. The van der Waals surface area contributed by atoms with Crippen LogP contribution in [0.5, 0.6) is 0 Å². The van der Waals surface area contributed by atoms with Crippen LogP contribution in [0.25, 0.3) is 0 Å². The molecule has 0 aliphatic heterocycles. The van der Waals surface area contributed by atoms with Crippen LogP contribution in [0.1, 0.15) is 0 Å². The highest BCUT2D eigenvalue weighted by molar-refractivity contribution is 14.1. The Bertz CT molecular complexity index is 222. The van der Waals surface area contributed by atoms with Crippen molar-refractivity contribution >= 4 is 58.5 Å². The first-order chi connectivity index (χ1) is 4.20. The van der Waals surface area contributed by atoms with Crippen LogP contribution in [0, 0.1) is 7.14 Å². The number of hydrogen-bond donors (Lipinski definition) is 0. The minimum absolute atomic E-state index is 0.833. The first-order valence-electron chi connectivity index (χ1n) is 2.40. The summed E-state index contributed by atoms with van der Waals surface area (Å²) < 4.78 is 2.47. The zero-order valence-corrected chi connectivity index (χ0v) is 8.88. The lowest BCUT2D eigenvalue weighted by Gasteiger charge is -1.95. The molecule has 0 saturated heterocycles. The second kappa shape index (κ2) is 3.23. The third-order valence-electron chi connectivity index (χ3n) is 0.944. The maximum atomic E-state index is 5.52. The van der Waals surface area contributed by atoms with Gasteiger partial charge in [-0.1, -0.05) is 17.6 Å². The maximum absolute atomic E-state index is 5.52. The van der Waals surface area contributed by atoms with E-state index in [1.165, 1.54) is 7.14 Å². The van der Waals surface area contributed by atoms with Crippen molar-refractivity contribution in [3.05, 3.63) is 25.3 Å². The number of hydrogen-bond acceptors (Lipinski definition) is 0. The quantitative estimate of drug-likeness (QED) is 0.498. The van der Waals surface area contributed by atoms with Crippen molar-refractivity contribution in [3.63, 3.8) is 0 Å². The van der Waals surface area contributed by atoms with E-state index >= 15 is 0 Å². The molecule has 9 heavy (non-hydrogen) atoms. The monoisotopic (exact) mass is 340 g/mol. The largest absolute Gasteiger partial charge is 0.113 e. The van der Waals surface area contributed by atoms with Crippen LogP contribution in [0.3, 0.4) is 0 Å². The first-order valence-corrected chi connectivity index (χ1v) is 4.56. The van der Waals surface area contributed by atoms with Gasteiger partial charge in [0.15, 0.2) is 0 Å². The topological polar surface area (TPSA) is 0 Å². The minimum Gasteiger partial charge on any atom is -0.0956 e. The highest BCUT2D eigenvalue weighted by atomic mass is 127. The van der Waals surface area contributed by atoms with Crippen LogP contribution in [0.15, 0.2) is 18.2 Å². The highest BCUT2D eigenvalue weighted by Crippen LogP contribution is 2.11. The average Bonchev–Trinajstić information content (AvgIpc) is 1.80. The summed E-state index contributed by atoms with van der Waals surface area (Å²) in [6.45, 7) is 0. The van der Waals surface area contributed by atoms with Gasteiger partial charge in [0.25, 0.3) is 0 Å². The van der Waals surface area contributed by atoms with Gasteiger partial charge in [-0.2, -0.15) is 0 Å². The van der Waals surface area contributed by atoms with Crippen LogP contribution in [-0.2, 0) is 0 Å². The van der Waals surface area contributed by atoms with E-state index in [0.717, 1.165) is 5.46 Å². The number of rotatable bonds is 0. The summed E-state index contributed by atoms with van der Waals surface area (Å²) in [5.41, 5.74) is 0.833. The van der Waals surface area contributed by atoms with Crippen molar-refractivity contribution in [3.8, 4) is 0 Å². The molecule has 0 fully saturated rings. The van der Waals surface area contributed by atoms with Gasteiger partial charge in [0.1, 0.15) is 7.85 Å². The molecule has 0 spiro atoms. The third kappa shape index (κ3) is 2.11. The fraction of sp³-hybridized carbons (Fsp3) is 0. The molecule has 0 N–H and O–H groups in total. The lowest BCUT2D eigenvalue weighted by atomic mass is 9.97. The Balaban J connectivity index is 3.17. The summed E-state index contributed by atoms with van der Waals surface area (Å²) in [7, 11) is 5.52. The Kier molecular flexibility index (Phi) is 2.82. The summed E-state index contributed by atoms with van der Waals surface area (Å²) in [4.78, 5) is 0. The number of halogens is 2. The Morgan fingerprint density at radius 1 is 1.11 bits per heavy atom. The van der Waals surface area contributed by atoms with Gasteiger partial charge in [0, 0.05) is 7.14 Å². The molecule has 2 radical (unpaired) electrons. The van der Waals surface area contributed by atoms with E-state index in [4.69, 9.17) is 7.85 Å². The predicted molar refractivity (Wildman–Crippen MR) is 57.3 cm³/mol. The molecule has 0 bridgehead atoms. The molecular formula is C6H3BI2. The summed E-state index contributed by atoms with van der Waals surface area (Å²) >= 11 is 4.54. The SMILES string of the molecule is [B]c1ccc(I)c(I)c1. The minimum atomic E-state index is 0.833. The van der Waals surface area contributed by atoms with Gasteiger partial charge in [-0.15, -0.1) is 0 Å². The second-order valence-corrected chi connectivity index (χ2v) is 4.00. The van der Waals surface area contributed by atoms with E-state index in [1.807, 2.05) is 18.2 Å². The van der Waals surface area contributed by atoms with Gasteiger partial charge in [0.05, 0.1) is 0 Å². The van der Waals surface area contributed by atoms with Gasteiger partial charge < -0.3 is 0 Å². The van der Waals surface area contributed by atoms with Gasteiger partial charge in [-0.25, -0.2) is 0 Å². The molecule has 0 heterocycles.